The van der Waals surface area contributed by atoms with E-state index in [9.17, 15) is 14.4 Å². The Morgan fingerprint density at radius 2 is 2.09 bits per heavy atom. The van der Waals surface area contributed by atoms with Crippen LogP contribution in [0, 0.1) is 0 Å². The van der Waals surface area contributed by atoms with Gasteiger partial charge in [0.15, 0.2) is 0 Å². The van der Waals surface area contributed by atoms with Crippen LogP contribution in [0.1, 0.15) is 35.4 Å². The van der Waals surface area contributed by atoms with Gasteiger partial charge in [0.05, 0.1) is 34.1 Å². The molecule has 5 rings (SSSR count). The van der Waals surface area contributed by atoms with Gasteiger partial charge >= 0.3 is 6.09 Å². The number of fused-ring (bicyclic) bond motifs is 3. The minimum atomic E-state index is -0.500. The van der Waals surface area contributed by atoms with E-state index in [4.69, 9.17) is 21.1 Å². The number of amides is 3. The van der Waals surface area contributed by atoms with Gasteiger partial charge in [0.1, 0.15) is 11.9 Å². The van der Waals surface area contributed by atoms with Gasteiger partial charge in [-0.2, -0.15) is 0 Å². The van der Waals surface area contributed by atoms with E-state index < -0.39 is 12.2 Å². The number of hydrogen-bond donors (Lipinski definition) is 1. The third kappa shape index (κ3) is 3.91. The van der Waals surface area contributed by atoms with Crippen molar-refractivity contribution < 1.29 is 23.9 Å². The van der Waals surface area contributed by atoms with E-state index in [0.717, 1.165) is 18.5 Å². The van der Waals surface area contributed by atoms with Gasteiger partial charge in [-0.3, -0.25) is 14.5 Å². The molecule has 168 valence electrons. The van der Waals surface area contributed by atoms with Crippen LogP contribution in [0.2, 0.25) is 4.34 Å². The summed E-state index contributed by atoms with van der Waals surface area (Å²) in [6, 6.07) is 8.54. The number of piperidine rings is 1. The maximum atomic E-state index is 12.7. The molecule has 1 aromatic heterocycles. The summed E-state index contributed by atoms with van der Waals surface area (Å²) in [7, 11) is 0. The number of cyclic esters (lactones) is 1. The zero-order valence-corrected chi connectivity index (χ0v) is 18.8. The molecule has 0 spiro atoms. The van der Waals surface area contributed by atoms with Crippen LogP contribution in [0.4, 0.5) is 16.2 Å². The van der Waals surface area contributed by atoms with Gasteiger partial charge in [-0.15, -0.1) is 11.3 Å². The largest absolute Gasteiger partial charge is 0.491 e. The van der Waals surface area contributed by atoms with Gasteiger partial charge in [-0.1, -0.05) is 11.6 Å². The summed E-state index contributed by atoms with van der Waals surface area (Å²) < 4.78 is 12.1. The molecule has 0 aliphatic carbocycles. The summed E-state index contributed by atoms with van der Waals surface area (Å²) in [6.45, 7) is 1.27. The van der Waals surface area contributed by atoms with Gasteiger partial charge in [0, 0.05) is 31.1 Å². The summed E-state index contributed by atoms with van der Waals surface area (Å²) in [5.74, 6) is 0.405. The van der Waals surface area contributed by atoms with Crippen LogP contribution < -0.4 is 19.9 Å². The predicted molar refractivity (Wildman–Crippen MR) is 121 cm³/mol. The lowest BCUT2D eigenvalue weighted by atomic mass is 10.1. The number of nitrogens with one attached hydrogen (secondary N) is 1. The van der Waals surface area contributed by atoms with Crippen LogP contribution in [0.25, 0.3) is 0 Å². The lowest BCUT2D eigenvalue weighted by molar-refractivity contribution is -0.119. The van der Waals surface area contributed by atoms with Crippen molar-refractivity contribution in [3.8, 4) is 5.75 Å². The first-order chi connectivity index (χ1) is 15.5. The Morgan fingerprint density at radius 3 is 2.88 bits per heavy atom. The lowest BCUT2D eigenvalue weighted by Gasteiger charge is -2.28. The molecule has 2 saturated heterocycles. The van der Waals surface area contributed by atoms with Crippen molar-refractivity contribution in [3.63, 3.8) is 0 Å². The van der Waals surface area contributed by atoms with E-state index in [2.05, 4.69) is 5.32 Å². The molecule has 2 fully saturated rings. The van der Waals surface area contributed by atoms with Crippen LogP contribution in [0.5, 0.6) is 5.75 Å². The van der Waals surface area contributed by atoms with E-state index in [1.807, 2.05) is 12.1 Å². The predicted octanol–water partition coefficient (Wildman–Crippen LogP) is 3.82. The molecule has 8 nitrogen and oxygen atoms in total. The fraction of sp³-hybridized carbons (Fsp3) is 0.409. The normalized spacial score (nSPS) is 22.5. The Bertz CT molecular complexity index is 1070. The highest BCUT2D eigenvalue weighted by atomic mass is 35.5. The molecular weight excluding hydrogens is 454 g/mol. The molecule has 3 amide bonds. The number of rotatable bonds is 4. The molecule has 32 heavy (non-hydrogen) atoms. The number of halogens is 1. The molecule has 0 unspecified atom stereocenters. The number of carbonyl (C=O) groups excluding carboxylic acids is 3. The molecule has 1 aromatic carbocycles. The zero-order chi connectivity index (χ0) is 22.2. The van der Waals surface area contributed by atoms with E-state index >= 15 is 0 Å². The standard InChI is InChI=1S/C22H22ClN3O5S/c23-19-7-6-18(32-19)21(28)24-12-17-15-8-10-30-16-11-13(25-9-2-1-3-20(25)27)4-5-14(16)26(15)22(29)31-17/h4-7,11,15,17H,1-3,8-10,12H2,(H,24,28)/t15-,17-/m0/s1. The first-order valence-electron chi connectivity index (χ1n) is 10.6. The van der Waals surface area contributed by atoms with Crippen LogP contribution in [0.15, 0.2) is 30.3 Å². The number of carbonyl (C=O) groups is 3. The topological polar surface area (TPSA) is 88.2 Å². The summed E-state index contributed by atoms with van der Waals surface area (Å²) in [5.41, 5.74) is 1.39. The monoisotopic (exact) mass is 475 g/mol. The third-order valence-corrected chi connectivity index (χ3v) is 7.21. The molecular formula is C22H22ClN3O5S. The molecule has 3 aliphatic rings. The number of nitrogens with zero attached hydrogens (tertiary/aromatic N) is 2. The van der Waals surface area contributed by atoms with Crippen molar-refractivity contribution in [1.82, 2.24) is 5.32 Å². The fourth-order valence-corrected chi connectivity index (χ4v) is 5.37. The number of anilines is 2. The molecule has 4 heterocycles. The smallest absolute Gasteiger partial charge is 0.415 e. The lowest BCUT2D eigenvalue weighted by Crippen LogP contribution is -2.42. The number of hydrogen-bond acceptors (Lipinski definition) is 6. The van der Waals surface area contributed by atoms with Crippen molar-refractivity contribution in [3.05, 3.63) is 39.5 Å². The maximum absolute atomic E-state index is 12.7. The first-order valence-corrected chi connectivity index (χ1v) is 11.8. The molecule has 2 atom stereocenters. The SMILES string of the molecule is O=C(NC[C@@H]1OC(=O)N2c3ccc(N4CCCCC4=O)cc3OCC[C@@H]12)c1ccc(Cl)s1. The Hall–Kier alpha value is -2.78. The van der Waals surface area contributed by atoms with E-state index in [1.165, 1.54) is 11.3 Å². The van der Waals surface area contributed by atoms with Gasteiger partial charge < -0.3 is 19.7 Å². The Labute approximate surface area is 194 Å². The van der Waals surface area contributed by atoms with Gasteiger partial charge in [-0.25, -0.2) is 4.79 Å². The highest BCUT2D eigenvalue weighted by Crippen LogP contribution is 2.40. The number of thiophene rings is 1. The minimum Gasteiger partial charge on any atom is -0.491 e. The van der Waals surface area contributed by atoms with Gasteiger partial charge in [0.2, 0.25) is 5.91 Å². The van der Waals surface area contributed by atoms with Crippen molar-refractivity contribution in [2.45, 2.75) is 37.8 Å². The summed E-state index contributed by atoms with van der Waals surface area (Å²) in [4.78, 5) is 41.3. The summed E-state index contributed by atoms with van der Waals surface area (Å²) in [5, 5.41) is 2.83. The second-order valence-corrected chi connectivity index (χ2v) is 9.68. The second kappa shape index (κ2) is 8.63. The Kier molecular flexibility index (Phi) is 5.69. The average molecular weight is 476 g/mol. The molecule has 0 radical (unpaired) electrons. The quantitative estimate of drug-likeness (QED) is 0.726. The fourth-order valence-electron chi connectivity index (χ4n) is 4.41. The van der Waals surface area contributed by atoms with Crippen molar-refractivity contribution in [1.29, 1.82) is 0 Å². The Morgan fingerprint density at radius 1 is 1.22 bits per heavy atom. The molecule has 0 saturated carbocycles. The van der Waals surface area contributed by atoms with Crippen molar-refractivity contribution >= 4 is 52.2 Å². The minimum absolute atomic E-state index is 0.103. The highest BCUT2D eigenvalue weighted by molar-refractivity contribution is 7.18. The molecule has 10 heteroatoms. The van der Waals surface area contributed by atoms with Gasteiger partial charge in [-0.05, 0) is 37.1 Å². The number of benzene rings is 1. The van der Waals surface area contributed by atoms with Crippen molar-refractivity contribution in [2.24, 2.45) is 0 Å². The maximum Gasteiger partial charge on any atom is 0.415 e. The molecule has 2 aromatic rings. The average Bonchev–Trinajstić information content (AvgIpc) is 3.29. The molecule has 0 bridgehead atoms. The van der Waals surface area contributed by atoms with Crippen LogP contribution in [0.3, 0.4) is 0 Å². The Balaban J connectivity index is 1.33. The van der Waals surface area contributed by atoms with Crippen LogP contribution >= 0.6 is 22.9 Å². The van der Waals surface area contributed by atoms with Crippen molar-refractivity contribution in [2.75, 3.05) is 29.5 Å². The van der Waals surface area contributed by atoms with E-state index in [1.54, 1.807) is 28.0 Å². The molecule has 3 aliphatic heterocycles. The summed E-state index contributed by atoms with van der Waals surface area (Å²) in [6.07, 6.45) is 2.01. The second-order valence-electron chi connectivity index (χ2n) is 7.96. The van der Waals surface area contributed by atoms with E-state index in [-0.39, 0.29) is 24.4 Å². The highest BCUT2D eigenvalue weighted by Gasteiger charge is 2.45. The van der Waals surface area contributed by atoms with E-state index in [0.29, 0.717) is 46.6 Å². The third-order valence-electron chi connectivity index (χ3n) is 5.98. The van der Waals surface area contributed by atoms with Crippen LogP contribution in [-0.4, -0.2) is 49.7 Å². The number of ether oxygens (including phenoxy) is 2. The first kappa shape index (κ1) is 21.1. The summed E-state index contributed by atoms with van der Waals surface area (Å²) >= 11 is 7.10. The molecule has 1 N–H and O–H groups in total. The van der Waals surface area contributed by atoms with Gasteiger partial charge in [0.25, 0.3) is 5.91 Å². The zero-order valence-electron chi connectivity index (χ0n) is 17.2. The van der Waals surface area contributed by atoms with Crippen LogP contribution in [-0.2, 0) is 9.53 Å².